The molecule has 1 atom stereocenters. The van der Waals surface area contributed by atoms with Crippen LogP contribution in [0.2, 0.25) is 0 Å². The van der Waals surface area contributed by atoms with Crippen LogP contribution in [0.4, 0.5) is 4.79 Å². The number of hydrogen-bond donors (Lipinski definition) is 0. The maximum Gasteiger partial charge on any atom is 0.410 e. The van der Waals surface area contributed by atoms with Crippen molar-refractivity contribution in [3.8, 4) is 0 Å². The Labute approximate surface area is 155 Å². The third-order valence-electron chi connectivity index (χ3n) is 4.26. The molecule has 6 heteroatoms. The Morgan fingerprint density at radius 2 is 2.12 bits per heavy atom. The van der Waals surface area contributed by atoms with Crippen molar-refractivity contribution in [2.24, 2.45) is 5.92 Å². The van der Waals surface area contributed by atoms with Crippen molar-refractivity contribution < 1.29 is 19.1 Å². The quantitative estimate of drug-likeness (QED) is 0.546. The van der Waals surface area contributed by atoms with Crippen molar-refractivity contribution in [1.29, 1.82) is 0 Å². The summed E-state index contributed by atoms with van der Waals surface area (Å²) in [4.78, 5) is 29.9. The van der Waals surface area contributed by atoms with Gasteiger partial charge in [0.2, 0.25) is 5.78 Å². The number of ketones is 1. The lowest BCUT2D eigenvalue weighted by molar-refractivity contribution is 0.0155. The molecule has 0 aliphatic carbocycles. The molecule has 1 amide bonds. The Balaban J connectivity index is 1.63. The first-order valence-corrected chi connectivity index (χ1v) is 9.35. The highest BCUT2D eigenvalue weighted by atomic mass is 16.6. The Kier molecular flexibility index (Phi) is 7.57. The SMILES string of the molecule is CC(C)(C)OC(=O)N1CCCC(CCCOCC(=O)c2ccccn2)C1. The maximum absolute atomic E-state index is 12.2. The highest BCUT2D eigenvalue weighted by Crippen LogP contribution is 2.22. The second-order valence-electron chi connectivity index (χ2n) is 7.77. The summed E-state index contributed by atoms with van der Waals surface area (Å²) < 4.78 is 10.9. The molecule has 1 aromatic heterocycles. The number of Topliss-reactive ketones (excluding diaryl/α,β-unsaturated/α-hetero) is 1. The van der Waals surface area contributed by atoms with Crippen LogP contribution in [-0.4, -0.2) is 53.7 Å². The van der Waals surface area contributed by atoms with Gasteiger partial charge in [-0.15, -0.1) is 0 Å². The molecule has 0 spiro atoms. The van der Waals surface area contributed by atoms with Crippen molar-refractivity contribution in [3.05, 3.63) is 30.1 Å². The Hall–Kier alpha value is -1.95. The largest absolute Gasteiger partial charge is 0.444 e. The van der Waals surface area contributed by atoms with Gasteiger partial charge in [0.15, 0.2) is 0 Å². The van der Waals surface area contributed by atoms with Gasteiger partial charge in [-0.2, -0.15) is 0 Å². The van der Waals surface area contributed by atoms with Crippen molar-refractivity contribution in [3.63, 3.8) is 0 Å². The molecule has 0 saturated carbocycles. The van der Waals surface area contributed by atoms with Gasteiger partial charge in [0.05, 0.1) is 0 Å². The number of ether oxygens (including phenoxy) is 2. The molecule has 144 valence electrons. The molecule has 6 nitrogen and oxygen atoms in total. The fraction of sp³-hybridized carbons (Fsp3) is 0.650. The first kappa shape index (κ1) is 20.4. The van der Waals surface area contributed by atoms with Gasteiger partial charge in [-0.1, -0.05) is 6.07 Å². The number of likely N-dealkylation sites (tertiary alicyclic amines) is 1. The standard InChI is InChI=1S/C20H30N2O4/c1-20(2,3)26-19(24)22-12-6-8-16(14-22)9-7-13-25-15-18(23)17-10-4-5-11-21-17/h4-5,10-11,16H,6-9,12-15H2,1-3H3. The van der Waals surface area contributed by atoms with Crippen LogP contribution in [0.3, 0.4) is 0 Å². The van der Waals surface area contributed by atoms with Crippen LogP contribution in [0.1, 0.15) is 56.9 Å². The summed E-state index contributed by atoms with van der Waals surface area (Å²) in [7, 11) is 0. The zero-order valence-electron chi connectivity index (χ0n) is 16.1. The van der Waals surface area contributed by atoms with Crippen LogP contribution in [0.25, 0.3) is 0 Å². The van der Waals surface area contributed by atoms with E-state index >= 15 is 0 Å². The van der Waals surface area contributed by atoms with Gasteiger partial charge in [0.25, 0.3) is 0 Å². The topological polar surface area (TPSA) is 68.7 Å². The predicted octanol–water partition coefficient (Wildman–Crippen LogP) is 3.71. The van der Waals surface area contributed by atoms with Crippen LogP contribution in [0.5, 0.6) is 0 Å². The molecule has 1 saturated heterocycles. The van der Waals surface area contributed by atoms with Gasteiger partial charge >= 0.3 is 6.09 Å². The van der Waals surface area contributed by atoms with Crippen molar-refractivity contribution >= 4 is 11.9 Å². The van der Waals surface area contributed by atoms with E-state index in [-0.39, 0.29) is 18.5 Å². The minimum absolute atomic E-state index is 0.0612. The average Bonchev–Trinajstić information content (AvgIpc) is 2.61. The van der Waals surface area contributed by atoms with Gasteiger partial charge < -0.3 is 14.4 Å². The number of hydrogen-bond acceptors (Lipinski definition) is 5. The molecule has 1 fully saturated rings. The van der Waals surface area contributed by atoms with Crippen molar-refractivity contribution in [2.45, 2.75) is 52.1 Å². The minimum atomic E-state index is -0.460. The predicted molar refractivity (Wildman–Crippen MR) is 99.2 cm³/mol. The molecule has 1 aromatic rings. The van der Waals surface area contributed by atoms with E-state index in [1.165, 1.54) is 0 Å². The molecule has 0 aromatic carbocycles. The van der Waals surface area contributed by atoms with E-state index in [4.69, 9.17) is 9.47 Å². The van der Waals surface area contributed by atoms with E-state index in [1.54, 1.807) is 24.4 Å². The highest BCUT2D eigenvalue weighted by Gasteiger charge is 2.27. The summed E-state index contributed by atoms with van der Waals surface area (Å²) in [5, 5.41) is 0. The normalized spacial score (nSPS) is 17.8. The van der Waals surface area contributed by atoms with Gasteiger partial charge in [-0.05, 0) is 64.5 Å². The van der Waals surface area contributed by atoms with Crippen LogP contribution >= 0.6 is 0 Å². The molecular formula is C20H30N2O4. The summed E-state index contributed by atoms with van der Waals surface area (Å²) in [5.74, 6) is 0.366. The highest BCUT2D eigenvalue weighted by molar-refractivity contribution is 5.95. The maximum atomic E-state index is 12.2. The van der Waals surface area contributed by atoms with Gasteiger partial charge in [0.1, 0.15) is 17.9 Å². The average molecular weight is 362 g/mol. The molecule has 1 aliphatic heterocycles. The molecule has 0 bridgehead atoms. The molecular weight excluding hydrogens is 332 g/mol. The van der Waals surface area contributed by atoms with Crippen molar-refractivity contribution in [2.75, 3.05) is 26.3 Å². The van der Waals surface area contributed by atoms with Crippen molar-refractivity contribution in [1.82, 2.24) is 9.88 Å². The number of carbonyl (C=O) groups excluding carboxylic acids is 2. The molecule has 0 N–H and O–H groups in total. The first-order valence-electron chi connectivity index (χ1n) is 9.35. The zero-order chi connectivity index (χ0) is 19.0. The van der Waals surface area contributed by atoms with Crippen LogP contribution in [-0.2, 0) is 9.47 Å². The Morgan fingerprint density at radius 1 is 1.31 bits per heavy atom. The number of pyridine rings is 1. The van der Waals surface area contributed by atoms with E-state index in [0.717, 1.165) is 38.8 Å². The number of carbonyl (C=O) groups is 2. The van der Waals surface area contributed by atoms with Crippen LogP contribution in [0, 0.1) is 5.92 Å². The molecule has 2 rings (SSSR count). The Morgan fingerprint density at radius 3 is 2.81 bits per heavy atom. The lowest BCUT2D eigenvalue weighted by Gasteiger charge is -2.34. The molecule has 1 aliphatic rings. The zero-order valence-corrected chi connectivity index (χ0v) is 16.1. The number of piperidine rings is 1. The third-order valence-corrected chi connectivity index (χ3v) is 4.26. The second-order valence-corrected chi connectivity index (χ2v) is 7.77. The molecule has 0 radical (unpaired) electrons. The lowest BCUT2D eigenvalue weighted by atomic mass is 9.94. The summed E-state index contributed by atoms with van der Waals surface area (Å²) in [5.41, 5.74) is -0.0225. The molecule has 2 heterocycles. The fourth-order valence-corrected chi connectivity index (χ4v) is 3.03. The van der Waals surface area contributed by atoms with E-state index in [2.05, 4.69) is 4.98 Å². The number of nitrogens with zero attached hydrogens (tertiary/aromatic N) is 2. The van der Waals surface area contributed by atoms with Crippen LogP contribution in [0.15, 0.2) is 24.4 Å². The van der Waals surface area contributed by atoms with Crippen LogP contribution < -0.4 is 0 Å². The second kappa shape index (κ2) is 9.67. The summed E-state index contributed by atoms with van der Waals surface area (Å²) in [6, 6.07) is 5.26. The summed E-state index contributed by atoms with van der Waals surface area (Å²) >= 11 is 0. The van der Waals surface area contributed by atoms with Gasteiger partial charge in [-0.3, -0.25) is 9.78 Å². The fourth-order valence-electron chi connectivity index (χ4n) is 3.03. The number of rotatable bonds is 7. The minimum Gasteiger partial charge on any atom is -0.444 e. The van der Waals surface area contributed by atoms with E-state index in [9.17, 15) is 9.59 Å². The third kappa shape index (κ3) is 7.12. The Bertz CT molecular complexity index is 583. The monoisotopic (exact) mass is 362 g/mol. The number of aromatic nitrogens is 1. The molecule has 1 unspecified atom stereocenters. The van der Waals surface area contributed by atoms with Gasteiger partial charge in [0, 0.05) is 25.9 Å². The molecule has 26 heavy (non-hydrogen) atoms. The summed E-state index contributed by atoms with van der Waals surface area (Å²) in [6.45, 7) is 7.76. The van der Waals surface area contributed by atoms with E-state index < -0.39 is 5.60 Å². The first-order chi connectivity index (χ1) is 12.3. The van der Waals surface area contributed by atoms with E-state index in [0.29, 0.717) is 18.2 Å². The smallest absolute Gasteiger partial charge is 0.410 e. The van der Waals surface area contributed by atoms with Gasteiger partial charge in [-0.25, -0.2) is 4.79 Å². The number of amides is 1. The lowest BCUT2D eigenvalue weighted by Crippen LogP contribution is -2.42. The summed E-state index contributed by atoms with van der Waals surface area (Å²) in [6.07, 6.45) is 5.36. The van der Waals surface area contributed by atoms with E-state index in [1.807, 2.05) is 25.7 Å².